The smallest absolute Gasteiger partial charge is 0.343 e. The zero-order valence-electron chi connectivity index (χ0n) is 19.1. The van der Waals surface area contributed by atoms with Gasteiger partial charge in [0, 0.05) is 11.7 Å². The van der Waals surface area contributed by atoms with Crippen molar-refractivity contribution in [1.82, 2.24) is 29.8 Å². The van der Waals surface area contributed by atoms with Gasteiger partial charge in [0.2, 0.25) is 0 Å². The van der Waals surface area contributed by atoms with E-state index in [1.807, 2.05) is 0 Å². The molecule has 1 saturated carbocycles. The van der Waals surface area contributed by atoms with Crippen molar-refractivity contribution in [3.05, 3.63) is 71.2 Å². The molecule has 3 aromatic heterocycles. The summed E-state index contributed by atoms with van der Waals surface area (Å²) in [5.74, 6) is -0.125. The third kappa shape index (κ3) is 4.83. The minimum absolute atomic E-state index is 0.165. The second kappa shape index (κ2) is 9.38. The van der Waals surface area contributed by atoms with E-state index in [-0.39, 0.29) is 28.1 Å². The molecule has 1 amide bonds. The van der Waals surface area contributed by atoms with E-state index in [2.05, 4.69) is 35.1 Å². The first-order chi connectivity index (χ1) is 17.2. The van der Waals surface area contributed by atoms with Gasteiger partial charge in [0.1, 0.15) is 17.0 Å². The van der Waals surface area contributed by atoms with Crippen molar-refractivity contribution in [1.29, 1.82) is 0 Å². The van der Waals surface area contributed by atoms with Crippen LogP contribution in [0.25, 0.3) is 11.0 Å². The standard InChI is InChI=1S/C24H21ClF3N7O/c1-13(33-23(36)18-8-21-20(10-29-18)32-12-35(21)15-3-2-4-15)19-9-31-22(11-30-19)34-14-5-6-17(25)16(7-14)24(26,27)28/h5-13,15H,2-4H2,1H3,(H,31,34)(H,33,36). The maximum Gasteiger partial charge on any atom is 0.417 e. The molecule has 0 saturated heterocycles. The molecule has 0 aliphatic heterocycles. The summed E-state index contributed by atoms with van der Waals surface area (Å²) in [6.07, 6.45) is 5.00. The zero-order chi connectivity index (χ0) is 25.4. The predicted molar refractivity (Wildman–Crippen MR) is 128 cm³/mol. The van der Waals surface area contributed by atoms with Gasteiger partial charge in [-0.3, -0.25) is 9.78 Å². The largest absolute Gasteiger partial charge is 0.417 e. The summed E-state index contributed by atoms with van der Waals surface area (Å²) in [4.78, 5) is 29.9. The van der Waals surface area contributed by atoms with Crippen LogP contribution in [-0.2, 0) is 6.18 Å². The van der Waals surface area contributed by atoms with Crippen LogP contribution in [0.5, 0.6) is 0 Å². The van der Waals surface area contributed by atoms with Crippen LogP contribution < -0.4 is 10.6 Å². The van der Waals surface area contributed by atoms with Crippen molar-refractivity contribution in [2.45, 2.75) is 44.4 Å². The third-order valence-electron chi connectivity index (χ3n) is 6.17. The number of anilines is 2. The molecular weight excluding hydrogens is 495 g/mol. The van der Waals surface area contributed by atoms with E-state index in [1.165, 1.54) is 24.9 Å². The molecule has 0 bridgehead atoms. The van der Waals surface area contributed by atoms with Gasteiger partial charge in [0.25, 0.3) is 5.91 Å². The Balaban J connectivity index is 1.26. The van der Waals surface area contributed by atoms with Crippen LogP contribution in [0.4, 0.5) is 24.7 Å². The maximum absolute atomic E-state index is 13.1. The van der Waals surface area contributed by atoms with E-state index in [0.29, 0.717) is 11.7 Å². The first-order valence-corrected chi connectivity index (χ1v) is 11.7. The Morgan fingerprint density at radius 1 is 1.11 bits per heavy atom. The van der Waals surface area contributed by atoms with E-state index in [9.17, 15) is 18.0 Å². The molecular formula is C24H21ClF3N7O. The number of hydrogen-bond donors (Lipinski definition) is 2. The molecule has 1 aromatic carbocycles. The first kappa shape index (κ1) is 24.0. The van der Waals surface area contributed by atoms with E-state index in [4.69, 9.17) is 11.6 Å². The van der Waals surface area contributed by atoms with Crippen molar-refractivity contribution >= 4 is 40.0 Å². The second-order valence-electron chi connectivity index (χ2n) is 8.63. The van der Waals surface area contributed by atoms with Crippen LogP contribution in [0.1, 0.15) is 60.0 Å². The molecule has 8 nitrogen and oxygen atoms in total. The van der Waals surface area contributed by atoms with E-state index in [0.717, 1.165) is 36.0 Å². The van der Waals surface area contributed by atoms with Gasteiger partial charge in [0.15, 0.2) is 0 Å². The van der Waals surface area contributed by atoms with Crippen molar-refractivity contribution in [2.75, 3.05) is 5.32 Å². The van der Waals surface area contributed by atoms with Gasteiger partial charge in [-0.05, 0) is 50.5 Å². The topological polar surface area (TPSA) is 97.6 Å². The summed E-state index contributed by atoms with van der Waals surface area (Å²) in [6.45, 7) is 1.75. The van der Waals surface area contributed by atoms with Crippen molar-refractivity contribution in [2.24, 2.45) is 0 Å². The normalized spacial score (nSPS) is 14.9. The van der Waals surface area contributed by atoms with Gasteiger partial charge in [-0.15, -0.1) is 0 Å². The number of pyridine rings is 1. The molecule has 0 radical (unpaired) electrons. The van der Waals surface area contributed by atoms with Crippen molar-refractivity contribution in [3.63, 3.8) is 0 Å². The van der Waals surface area contributed by atoms with Gasteiger partial charge >= 0.3 is 6.18 Å². The number of imidazole rings is 1. The Kier molecular flexibility index (Phi) is 6.25. The Labute approximate surface area is 208 Å². The van der Waals surface area contributed by atoms with E-state index < -0.39 is 17.8 Å². The highest BCUT2D eigenvalue weighted by Crippen LogP contribution is 2.37. The van der Waals surface area contributed by atoms with Gasteiger partial charge in [0.05, 0.1) is 52.8 Å². The molecule has 2 N–H and O–H groups in total. The average molecular weight is 516 g/mol. The van der Waals surface area contributed by atoms with Crippen LogP contribution in [0.15, 0.2) is 49.2 Å². The van der Waals surface area contributed by atoms with Crippen LogP contribution in [0, 0.1) is 0 Å². The van der Waals surface area contributed by atoms with Gasteiger partial charge in [-0.2, -0.15) is 13.2 Å². The summed E-state index contributed by atoms with van der Waals surface area (Å²) >= 11 is 5.66. The molecule has 1 fully saturated rings. The minimum atomic E-state index is -4.58. The quantitative estimate of drug-likeness (QED) is 0.334. The number of hydrogen-bond acceptors (Lipinski definition) is 6. The number of rotatable bonds is 6. The Hall–Kier alpha value is -3.73. The molecule has 1 aliphatic rings. The lowest BCUT2D eigenvalue weighted by Crippen LogP contribution is -2.28. The van der Waals surface area contributed by atoms with E-state index in [1.54, 1.807) is 25.5 Å². The minimum Gasteiger partial charge on any atom is -0.343 e. The van der Waals surface area contributed by atoms with Gasteiger partial charge in [-0.1, -0.05) is 11.6 Å². The average Bonchev–Trinajstić information content (AvgIpc) is 3.21. The second-order valence-corrected chi connectivity index (χ2v) is 9.04. The molecule has 0 spiro atoms. The first-order valence-electron chi connectivity index (χ1n) is 11.3. The number of nitrogens with one attached hydrogen (secondary N) is 2. The van der Waals surface area contributed by atoms with Gasteiger partial charge < -0.3 is 15.2 Å². The van der Waals surface area contributed by atoms with E-state index >= 15 is 0 Å². The fourth-order valence-corrected chi connectivity index (χ4v) is 4.17. The lowest BCUT2D eigenvalue weighted by molar-refractivity contribution is -0.137. The molecule has 5 rings (SSSR count). The lowest BCUT2D eigenvalue weighted by atomic mass is 9.93. The molecule has 36 heavy (non-hydrogen) atoms. The fourth-order valence-electron chi connectivity index (χ4n) is 3.95. The summed E-state index contributed by atoms with van der Waals surface area (Å²) in [6, 6.07) is 5.14. The SMILES string of the molecule is CC(NC(=O)c1cc2c(cn1)ncn2C1CCC1)c1cnc(Nc2ccc(Cl)c(C(F)(F)F)c2)cn1. The number of amides is 1. The molecule has 1 unspecified atom stereocenters. The number of alkyl halides is 3. The molecule has 3 heterocycles. The predicted octanol–water partition coefficient (Wildman–Crippen LogP) is 5.85. The molecule has 1 atom stereocenters. The summed E-state index contributed by atoms with van der Waals surface area (Å²) in [5.41, 5.74) is 1.57. The Morgan fingerprint density at radius 2 is 1.92 bits per heavy atom. The summed E-state index contributed by atoms with van der Waals surface area (Å²) in [5, 5.41) is 5.24. The number of fused-ring (bicyclic) bond motifs is 1. The van der Waals surface area contributed by atoms with Gasteiger partial charge in [-0.25, -0.2) is 15.0 Å². The Bertz CT molecular complexity index is 1420. The molecule has 12 heteroatoms. The number of benzene rings is 1. The monoisotopic (exact) mass is 515 g/mol. The maximum atomic E-state index is 13.1. The summed E-state index contributed by atoms with van der Waals surface area (Å²) < 4.78 is 41.4. The number of carbonyl (C=O) groups is 1. The highest BCUT2D eigenvalue weighted by molar-refractivity contribution is 6.31. The Morgan fingerprint density at radius 3 is 2.58 bits per heavy atom. The zero-order valence-corrected chi connectivity index (χ0v) is 19.8. The lowest BCUT2D eigenvalue weighted by Gasteiger charge is -2.27. The fraction of sp³-hybridized carbons (Fsp3) is 0.292. The van der Waals surface area contributed by atoms with Crippen LogP contribution in [-0.4, -0.2) is 30.4 Å². The van der Waals surface area contributed by atoms with Crippen molar-refractivity contribution in [3.8, 4) is 0 Å². The molecule has 1 aliphatic carbocycles. The number of carbonyl (C=O) groups excluding carboxylic acids is 1. The summed E-state index contributed by atoms with van der Waals surface area (Å²) in [7, 11) is 0. The highest BCUT2D eigenvalue weighted by Gasteiger charge is 2.33. The molecule has 4 aromatic rings. The molecule has 186 valence electrons. The third-order valence-corrected chi connectivity index (χ3v) is 6.50. The number of nitrogens with zero attached hydrogens (tertiary/aromatic N) is 5. The van der Waals surface area contributed by atoms with Crippen LogP contribution >= 0.6 is 11.6 Å². The number of aromatic nitrogens is 5. The number of halogens is 4. The van der Waals surface area contributed by atoms with Crippen molar-refractivity contribution < 1.29 is 18.0 Å². The highest BCUT2D eigenvalue weighted by atomic mass is 35.5. The van der Waals surface area contributed by atoms with Crippen LogP contribution in [0.2, 0.25) is 5.02 Å². The van der Waals surface area contributed by atoms with Crippen LogP contribution in [0.3, 0.4) is 0 Å².